The number of rotatable bonds is 11. The number of piperazine rings is 1. The van der Waals surface area contributed by atoms with E-state index in [0.717, 1.165) is 31.5 Å². The van der Waals surface area contributed by atoms with Gasteiger partial charge in [-0.05, 0) is 17.4 Å². The summed E-state index contributed by atoms with van der Waals surface area (Å²) in [4.78, 5) is 41.5. The third kappa shape index (κ3) is 7.84. The van der Waals surface area contributed by atoms with E-state index in [1.807, 2.05) is 62.9 Å². The molecule has 1 saturated heterocycles. The van der Waals surface area contributed by atoms with Crippen molar-refractivity contribution in [3.63, 3.8) is 0 Å². The maximum absolute atomic E-state index is 13.5. The number of nitrogens with one attached hydrogen (secondary N) is 3. The molecule has 0 aromatic heterocycles. The Morgan fingerprint density at radius 1 is 0.909 bits per heavy atom. The van der Waals surface area contributed by atoms with Gasteiger partial charge in [0.2, 0.25) is 17.7 Å². The molecular formula is C26H42N4O3. The highest BCUT2D eigenvalue weighted by molar-refractivity contribution is 5.92. The molecule has 1 aliphatic heterocycles. The summed E-state index contributed by atoms with van der Waals surface area (Å²) >= 11 is 0. The van der Waals surface area contributed by atoms with E-state index in [9.17, 15) is 14.4 Å². The molecule has 7 heteroatoms. The minimum atomic E-state index is -0.742. The summed E-state index contributed by atoms with van der Waals surface area (Å²) in [5, 5.41) is 9.24. The molecule has 0 spiro atoms. The van der Waals surface area contributed by atoms with Gasteiger partial charge in [0.15, 0.2) is 0 Å². The van der Waals surface area contributed by atoms with Crippen molar-refractivity contribution in [2.24, 2.45) is 17.8 Å². The van der Waals surface area contributed by atoms with E-state index >= 15 is 0 Å². The average molecular weight is 459 g/mol. The lowest BCUT2D eigenvalue weighted by molar-refractivity contribution is -0.139. The smallest absolute Gasteiger partial charge is 0.245 e. The molecule has 0 unspecified atom stereocenters. The van der Waals surface area contributed by atoms with Crippen LogP contribution < -0.4 is 16.0 Å². The third-order valence-corrected chi connectivity index (χ3v) is 7.03. The van der Waals surface area contributed by atoms with Crippen LogP contribution in [0.25, 0.3) is 0 Å². The fourth-order valence-electron chi connectivity index (χ4n) is 3.99. The fourth-order valence-corrected chi connectivity index (χ4v) is 3.99. The van der Waals surface area contributed by atoms with Gasteiger partial charge in [0.1, 0.15) is 12.1 Å². The Morgan fingerprint density at radius 2 is 1.52 bits per heavy atom. The molecular weight excluding hydrogens is 416 g/mol. The minimum Gasteiger partial charge on any atom is -0.344 e. The van der Waals surface area contributed by atoms with Crippen molar-refractivity contribution < 1.29 is 14.4 Å². The van der Waals surface area contributed by atoms with Crippen LogP contribution in [-0.4, -0.2) is 60.9 Å². The zero-order chi connectivity index (χ0) is 24.4. The molecule has 0 bridgehead atoms. The van der Waals surface area contributed by atoms with Crippen molar-refractivity contribution in [3.8, 4) is 0 Å². The fraction of sp³-hybridized carbons (Fsp3) is 0.654. The molecule has 5 atom stereocenters. The van der Waals surface area contributed by atoms with Crippen LogP contribution in [0.4, 0.5) is 0 Å². The lowest BCUT2D eigenvalue weighted by Crippen LogP contribution is -2.59. The topological polar surface area (TPSA) is 90.5 Å². The van der Waals surface area contributed by atoms with Crippen LogP contribution in [0.1, 0.15) is 53.0 Å². The predicted octanol–water partition coefficient (Wildman–Crippen LogP) is 2.36. The van der Waals surface area contributed by atoms with Gasteiger partial charge in [-0.1, -0.05) is 77.8 Å². The van der Waals surface area contributed by atoms with Crippen LogP contribution in [0.2, 0.25) is 0 Å². The molecule has 0 aliphatic carbocycles. The van der Waals surface area contributed by atoms with Crippen LogP contribution in [-0.2, 0) is 20.8 Å². The van der Waals surface area contributed by atoms with E-state index < -0.39 is 12.1 Å². The normalized spacial score (nSPS) is 18.5. The zero-order valence-electron chi connectivity index (χ0n) is 20.9. The molecule has 1 aromatic rings. The quantitative estimate of drug-likeness (QED) is 0.475. The lowest BCUT2D eigenvalue weighted by Gasteiger charge is -2.34. The van der Waals surface area contributed by atoms with E-state index in [4.69, 9.17) is 0 Å². The van der Waals surface area contributed by atoms with E-state index in [-0.39, 0.29) is 35.5 Å². The summed E-state index contributed by atoms with van der Waals surface area (Å²) in [6.07, 6.45) is 2.03. The van der Waals surface area contributed by atoms with Gasteiger partial charge in [0.05, 0.1) is 0 Å². The number of carbonyl (C=O) groups is 3. The van der Waals surface area contributed by atoms with E-state index in [1.54, 1.807) is 0 Å². The number of hydrogen-bond acceptors (Lipinski definition) is 4. The summed E-state index contributed by atoms with van der Waals surface area (Å²) in [5.74, 6) is -0.479. The Balaban J connectivity index is 2.20. The Bertz CT molecular complexity index is 764. The monoisotopic (exact) mass is 458 g/mol. The highest BCUT2D eigenvalue weighted by Gasteiger charge is 2.33. The van der Waals surface area contributed by atoms with Crippen LogP contribution >= 0.6 is 0 Å². The van der Waals surface area contributed by atoms with E-state index in [0.29, 0.717) is 19.5 Å². The third-order valence-electron chi connectivity index (χ3n) is 7.03. The molecule has 0 saturated carbocycles. The first-order chi connectivity index (χ1) is 15.8. The molecule has 1 aromatic carbocycles. The summed E-state index contributed by atoms with van der Waals surface area (Å²) in [7, 11) is 0. The summed E-state index contributed by atoms with van der Waals surface area (Å²) in [6, 6.07) is 8.31. The van der Waals surface area contributed by atoms with Crippen molar-refractivity contribution in [1.29, 1.82) is 0 Å². The predicted molar refractivity (Wildman–Crippen MR) is 132 cm³/mol. The Kier molecular flexibility index (Phi) is 10.8. The maximum Gasteiger partial charge on any atom is 0.245 e. The van der Waals surface area contributed by atoms with Crippen LogP contribution in [0.15, 0.2) is 30.3 Å². The van der Waals surface area contributed by atoms with Crippen LogP contribution in [0, 0.1) is 17.8 Å². The zero-order valence-corrected chi connectivity index (χ0v) is 20.9. The van der Waals surface area contributed by atoms with Crippen LogP contribution in [0.3, 0.4) is 0 Å². The number of benzene rings is 1. The molecule has 7 nitrogen and oxygen atoms in total. The number of carbonyl (C=O) groups excluding carboxylic acids is 3. The summed E-state index contributed by atoms with van der Waals surface area (Å²) in [6.45, 7) is 12.8. The first-order valence-corrected chi connectivity index (χ1v) is 12.4. The van der Waals surface area contributed by atoms with Gasteiger partial charge in [-0.3, -0.25) is 14.4 Å². The second-order valence-electron chi connectivity index (χ2n) is 9.37. The molecule has 184 valence electrons. The molecule has 1 fully saturated rings. The van der Waals surface area contributed by atoms with Crippen molar-refractivity contribution in [2.75, 3.05) is 26.2 Å². The van der Waals surface area contributed by atoms with Gasteiger partial charge in [-0.15, -0.1) is 0 Å². The molecule has 2 rings (SSSR count). The average Bonchev–Trinajstić information content (AvgIpc) is 2.85. The van der Waals surface area contributed by atoms with Gasteiger partial charge < -0.3 is 20.9 Å². The van der Waals surface area contributed by atoms with E-state index in [2.05, 4.69) is 22.9 Å². The van der Waals surface area contributed by atoms with Gasteiger partial charge >= 0.3 is 0 Å². The minimum absolute atomic E-state index is 0.0107. The molecule has 1 aliphatic rings. The first kappa shape index (κ1) is 26.8. The summed E-state index contributed by atoms with van der Waals surface area (Å²) < 4.78 is 0. The lowest BCUT2D eigenvalue weighted by atomic mass is 9.92. The standard InChI is InChI=1S/C26H42N4O3/c1-6-18(3)20(5)24(31)28-22(17-21-11-9-8-10-12-21)25(32)29-23(19(4)7-2)26(33)30-15-13-27-14-16-30/h8-12,18-20,22-23,27H,6-7,13-17H2,1-5H3,(H,28,31)(H,29,32)/t18-,19-,20-,22-,23-/m0/s1. The number of hydrogen-bond donors (Lipinski definition) is 3. The van der Waals surface area contributed by atoms with Crippen molar-refractivity contribution in [1.82, 2.24) is 20.9 Å². The second kappa shape index (κ2) is 13.3. The molecule has 0 radical (unpaired) electrons. The molecule has 33 heavy (non-hydrogen) atoms. The SMILES string of the molecule is CC[C@H](C)[C@H](C)C(=O)N[C@@H](Cc1ccccc1)C(=O)N[C@H](C(=O)N1CCNCC1)[C@@H](C)CC. The molecule has 3 N–H and O–H groups in total. The maximum atomic E-state index is 13.5. The largest absolute Gasteiger partial charge is 0.344 e. The van der Waals surface area contributed by atoms with Gasteiger partial charge in [-0.2, -0.15) is 0 Å². The van der Waals surface area contributed by atoms with Crippen molar-refractivity contribution in [3.05, 3.63) is 35.9 Å². The van der Waals surface area contributed by atoms with Gasteiger partial charge in [0, 0.05) is 38.5 Å². The molecule has 1 heterocycles. The first-order valence-electron chi connectivity index (χ1n) is 12.4. The van der Waals surface area contributed by atoms with Crippen molar-refractivity contribution in [2.45, 2.75) is 66.0 Å². The van der Waals surface area contributed by atoms with E-state index in [1.165, 1.54) is 0 Å². The van der Waals surface area contributed by atoms with Crippen LogP contribution in [0.5, 0.6) is 0 Å². The Morgan fingerprint density at radius 3 is 2.09 bits per heavy atom. The van der Waals surface area contributed by atoms with Crippen molar-refractivity contribution >= 4 is 17.7 Å². The Hall–Kier alpha value is -2.41. The van der Waals surface area contributed by atoms with Gasteiger partial charge in [-0.25, -0.2) is 0 Å². The Labute approximate surface area is 199 Å². The van der Waals surface area contributed by atoms with Gasteiger partial charge in [0.25, 0.3) is 0 Å². The molecule has 3 amide bonds. The highest BCUT2D eigenvalue weighted by Crippen LogP contribution is 2.16. The highest BCUT2D eigenvalue weighted by atomic mass is 16.2. The summed E-state index contributed by atoms with van der Waals surface area (Å²) in [5.41, 5.74) is 0.961. The number of nitrogens with zero attached hydrogens (tertiary/aromatic N) is 1. The number of amides is 3. The second-order valence-corrected chi connectivity index (χ2v) is 9.37.